The standard InChI is InChI=1S/C18H14F2N4O2/c19-15(20)18-23-17(24-26-18)10-7-9-5-6-12(14(9)22-8-10)11-3-1-2-4-13(11)16(21)25/h1-4,7-8,12,15H,5-6H2,(H2,21,25). The van der Waals surface area contributed by atoms with Gasteiger partial charge in [0.05, 0.1) is 5.69 Å². The Hall–Kier alpha value is -3.16. The van der Waals surface area contributed by atoms with Crippen LogP contribution in [-0.4, -0.2) is 21.0 Å². The van der Waals surface area contributed by atoms with Crippen LogP contribution in [0.3, 0.4) is 0 Å². The molecule has 4 rings (SSSR count). The number of carbonyl (C=O) groups is 1. The first-order valence-electron chi connectivity index (χ1n) is 8.04. The zero-order valence-electron chi connectivity index (χ0n) is 13.5. The first-order valence-corrected chi connectivity index (χ1v) is 8.04. The van der Waals surface area contributed by atoms with Crippen molar-refractivity contribution in [2.45, 2.75) is 25.2 Å². The summed E-state index contributed by atoms with van der Waals surface area (Å²) >= 11 is 0. The summed E-state index contributed by atoms with van der Waals surface area (Å²) in [7, 11) is 0. The molecule has 1 aliphatic rings. The van der Waals surface area contributed by atoms with Crippen LogP contribution >= 0.6 is 0 Å². The molecule has 2 aromatic heterocycles. The number of nitrogens with zero attached hydrogens (tertiary/aromatic N) is 3. The lowest BCUT2D eigenvalue weighted by Crippen LogP contribution is -2.15. The molecule has 8 heteroatoms. The number of fused-ring (bicyclic) bond motifs is 1. The largest absolute Gasteiger partial charge is 0.366 e. The van der Waals surface area contributed by atoms with Gasteiger partial charge in [0.25, 0.3) is 5.89 Å². The van der Waals surface area contributed by atoms with E-state index in [2.05, 4.69) is 19.6 Å². The number of rotatable bonds is 4. The first-order chi connectivity index (χ1) is 12.5. The van der Waals surface area contributed by atoms with E-state index in [1.165, 1.54) is 6.20 Å². The molecule has 0 aliphatic heterocycles. The molecule has 3 aromatic rings. The molecule has 0 saturated carbocycles. The van der Waals surface area contributed by atoms with Crippen LogP contribution < -0.4 is 5.73 Å². The monoisotopic (exact) mass is 356 g/mol. The number of pyridine rings is 1. The van der Waals surface area contributed by atoms with Gasteiger partial charge in [0.1, 0.15) is 0 Å². The summed E-state index contributed by atoms with van der Waals surface area (Å²) < 4.78 is 29.8. The molecule has 26 heavy (non-hydrogen) atoms. The summed E-state index contributed by atoms with van der Waals surface area (Å²) in [6.07, 6.45) is 0.246. The second kappa shape index (κ2) is 6.29. The van der Waals surface area contributed by atoms with Gasteiger partial charge in [0.15, 0.2) is 0 Å². The van der Waals surface area contributed by atoms with Crippen molar-refractivity contribution in [3.05, 3.63) is 64.8 Å². The first kappa shape index (κ1) is 16.3. The second-order valence-corrected chi connectivity index (χ2v) is 6.07. The van der Waals surface area contributed by atoms with E-state index < -0.39 is 18.2 Å². The van der Waals surface area contributed by atoms with E-state index >= 15 is 0 Å². The molecule has 1 aliphatic carbocycles. The third-order valence-electron chi connectivity index (χ3n) is 4.52. The number of nitrogens with two attached hydrogens (primary N) is 1. The van der Waals surface area contributed by atoms with Crippen molar-refractivity contribution in [2.24, 2.45) is 5.73 Å². The van der Waals surface area contributed by atoms with Gasteiger partial charge in [-0.2, -0.15) is 13.8 Å². The Kier molecular flexibility index (Phi) is 3.95. The molecule has 2 N–H and O–H groups in total. The Balaban J connectivity index is 1.70. The van der Waals surface area contributed by atoms with E-state index in [0.717, 1.165) is 29.7 Å². The third kappa shape index (κ3) is 2.73. The fourth-order valence-electron chi connectivity index (χ4n) is 3.36. The maximum atomic E-state index is 12.6. The van der Waals surface area contributed by atoms with E-state index in [1.807, 2.05) is 18.2 Å². The van der Waals surface area contributed by atoms with Crippen molar-refractivity contribution in [3.8, 4) is 11.4 Å². The van der Waals surface area contributed by atoms with E-state index in [4.69, 9.17) is 5.73 Å². The molecule has 0 fully saturated rings. The smallest absolute Gasteiger partial charge is 0.315 e. The van der Waals surface area contributed by atoms with E-state index in [1.54, 1.807) is 12.1 Å². The molecule has 1 atom stereocenters. The van der Waals surface area contributed by atoms with Gasteiger partial charge in [-0.05, 0) is 36.1 Å². The lowest BCUT2D eigenvalue weighted by Gasteiger charge is -2.14. The summed E-state index contributed by atoms with van der Waals surface area (Å²) in [5, 5.41) is 3.58. The van der Waals surface area contributed by atoms with Crippen LogP contribution in [0.5, 0.6) is 0 Å². The van der Waals surface area contributed by atoms with Gasteiger partial charge in [0, 0.05) is 23.2 Å². The van der Waals surface area contributed by atoms with Crippen molar-refractivity contribution in [2.75, 3.05) is 0 Å². The molecular weight excluding hydrogens is 342 g/mol. The van der Waals surface area contributed by atoms with Crippen LogP contribution in [0.2, 0.25) is 0 Å². The molecule has 0 saturated heterocycles. The molecule has 6 nitrogen and oxygen atoms in total. The van der Waals surface area contributed by atoms with Gasteiger partial charge in [0.2, 0.25) is 11.7 Å². The molecule has 1 unspecified atom stereocenters. The number of aromatic nitrogens is 3. The number of benzene rings is 1. The number of carbonyl (C=O) groups excluding carboxylic acids is 1. The van der Waals surface area contributed by atoms with Crippen molar-refractivity contribution in [3.63, 3.8) is 0 Å². The Labute approximate surface area is 147 Å². The molecule has 1 aromatic carbocycles. The van der Waals surface area contributed by atoms with Crippen LogP contribution in [0, 0.1) is 0 Å². The van der Waals surface area contributed by atoms with Crippen molar-refractivity contribution in [1.82, 2.24) is 15.1 Å². The Bertz CT molecular complexity index is 987. The average Bonchev–Trinajstić information content (AvgIpc) is 3.28. The highest BCUT2D eigenvalue weighted by Gasteiger charge is 2.29. The molecule has 0 radical (unpaired) electrons. The van der Waals surface area contributed by atoms with E-state index in [0.29, 0.717) is 11.1 Å². The SMILES string of the molecule is NC(=O)c1ccccc1C1CCc2cc(-c3noc(C(F)F)n3)cnc21. The van der Waals surface area contributed by atoms with Crippen molar-refractivity contribution in [1.29, 1.82) is 0 Å². The topological polar surface area (TPSA) is 94.9 Å². The number of aryl methyl sites for hydroxylation is 1. The van der Waals surface area contributed by atoms with Gasteiger partial charge >= 0.3 is 6.43 Å². The highest BCUT2D eigenvalue weighted by Crippen LogP contribution is 2.39. The van der Waals surface area contributed by atoms with Crippen LogP contribution in [0.25, 0.3) is 11.4 Å². The lowest BCUT2D eigenvalue weighted by molar-refractivity contribution is 0.0999. The molecule has 132 valence electrons. The summed E-state index contributed by atoms with van der Waals surface area (Å²) in [5.41, 5.74) is 9.14. The van der Waals surface area contributed by atoms with Crippen LogP contribution in [0.15, 0.2) is 41.1 Å². The van der Waals surface area contributed by atoms with Gasteiger partial charge in [-0.25, -0.2) is 0 Å². The normalized spacial score (nSPS) is 16.0. The molecule has 0 bridgehead atoms. The minimum Gasteiger partial charge on any atom is -0.366 e. The van der Waals surface area contributed by atoms with Gasteiger partial charge in [-0.3, -0.25) is 9.78 Å². The second-order valence-electron chi connectivity index (χ2n) is 6.07. The Morgan fingerprint density at radius 2 is 2.12 bits per heavy atom. The average molecular weight is 356 g/mol. The third-order valence-corrected chi connectivity index (χ3v) is 4.52. The maximum absolute atomic E-state index is 12.6. The number of alkyl halides is 2. The zero-order chi connectivity index (χ0) is 18.3. The van der Waals surface area contributed by atoms with Crippen LogP contribution in [0.1, 0.15) is 51.8 Å². The summed E-state index contributed by atoms with van der Waals surface area (Å²) in [6.45, 7) is 0. The number of hydrogen-bond donors (Lipinski definition) is 1. The van der Waals surface area contributed by atoms with Gasteiger partial charge < -0.3 is 10.3 Å². The van der Waals surface area contributed by atoms with E-state index in [9.17, 15) is 13.6 Å². The fraction of sp³-hybridized carbons (Fsp3) is 0.222. The lowest BCUT2D eigenvalue weighted by atomic mass is 9.91. The number of hydrogen-bond acceptors (Lipinski definition) is 5. The van der Waals surface area contributed by atoms with Crippen molar-refractivity contribution >= 4 is 5.91 Å². The highest BCUT2D eigenvalue weighted by molar-refractivity contribution is 5.94. The zero-order valence-corrected chi connectivity index (χ0v) is 13.5. The summed E-state index contributed by atoms with van der Waals surface area (Å²) in [6, 6.07) is 9.04. The quantitative estimate of drug-likeness (QED) is 0.774. The minimum atomic E-state index is -2.81. The molecule has 0 spiro atoms. The van der Waals surface area contributed by atoms with Crippen molar-refractivity contribution < 1.29 is 18.1 Å². The molecule has 1 amide bonds. The molecular formula is C18H14F2N4O2. The van der Waals surface area contributed by atoms with Crippen LogP contribution in [-0.2, 0) is 6.42 Å². The van der Waals surface area contributed by atoms with E-state index in [-0.39, 0.29) is 11.7 Å². The summed E-state index contributed by atoms with van der Waals surface area (Å²) in [5.74, 6) is -1.15. The number of halogens is 2. The maximum Gasteiger partial charge on any atom is 0.315 e. The number of primary amides is 1. The molecule has 2 heterocycles. The highest BCUT2D eigenvalue weighted by atomic mass is 19.3. The Morgan fingerprint density at radius 3 is 2.85 bits per heavy atom. The minimum absolute atomic E-state index is 0.0374. The predicted molar refractivity (Wildman–Crippen MR) is 87.6 cm³/mol. The van der Waals surface area contributed by atoms with Gasteiger partial charge in [-0.1, -0.05) is 23.4 Å². The Morgan fingerprint density at radius 1 is 1.31 bits per heavy atom. The summed E-state index contributed by atoms with van der Waals surface area (Å²) in [4.78, 5) is 19.9. The van der Waals surface area contributed by atoms with Crippen LogP contribution in [0.4, 0.5) is 8.78 Å². The van der Waals surface area contributed by atoms with Gasteiger partial charge in [-0.15, -0.1) is 0 Å². The fourth-order valence-corrected chi connectivity index (χ4v) is 3.36. The number of amides is 1. The predicted octanol–water partition coefficient (Wildman–Crippen LogP) is 3.25.